The molecule has 0 N–H and O–H groups in total. The van der Waals surface area contributed by atoms with Crippen molar-refractivity contribution in [2.24, 2.45) is 0 Å². The molecule has 0 spiro atoms. The van der Waals surface area contributed by atoms with Crippen LogP contribution in [0.5, 0.6) is 0 Å². The lowest BCUT2D eigenvalue weighted by molar-refractivity contribution is 1.13. The zero-order valence-corrected chi connectivity index (χ0v) is 34.1. The third-order valence-electron chi connectivity index (χ3n) is 12.6. The molecule has 0 bridgehead atoms. The third-order valence-corrected chi connectivity index (χ3v) is 12.6. The van der Waals surface area contributed by atoms with Crippen molar-refractivity contribution in [1.29, 1.82) is 0 Å². The van der Waals surface area contributed by atoms with Crippen molar-refractivity contribution in [3.8, 4) is 50.7 Å². The maximum Gasteiger partial charge on any atom is 0.165 e. The molecule has 13 aromatic rings. The quantitative estimate of drug-likeness (QED) is 0.168. The topological polar surface area (TPSA) is 40.6 Å². The Labute approximate surface area is 363 Å². The SMILES string of the molecule is c1ccc(-c2nc3c4cc(-c5ccc6c(c5)c5ccc7c8ccccc8n(-c8ccccc8)c7c5n6-c5ccccc5)ccc4n(-c4ccccc4)c3nc2-c2ccccc2)cc1. The van der Waals surface area contributed by atoms with E-state index in [4.69, 9.17) is 9.97 Å². The van der Waals surface area contributed by atoms with Gasteiger partial charge in [0.25, 0.3) is 0 Å². The van der Waals surface area contributed by atoms with Gasteiger partial charge in [-0.1, -0.05) is 158 Å². The normalized spacial score (nSPS) is 11.8. The highest BCUT2D eigenvalue weighted by atomic mass is 15.1. The van der Waals surface area contributed by atoms with Gasteiger partial charge in [-0.05, 0) is 77.9 Å². The van der Waals surface area contributed by atoms with Crippen LogP contribution in [-0.4, -0.2) is 23.7 Å². The molecular formula is C58H37N5. The van der Waals surface area contributed by atoms with Crippen LogP contribution in [-0.2, 0) is 0 Å². The summed E-state index contributed by atoms with van der Waals surface area (Å²) < 4.78 is 7.16. The van der Waals surface area contributed by atoms with E-state index in [9.17, 15) is 0 Å². The lowest BCUT2D eigenvalue weighted by atomic mass is 10.0. The van der Waals surface area contributed by atoms with E-state index < -0.39 is 0 Å². The van der Waals surface area contributed by atoms with Gasteiger partial charge < -0.3 is 9.13 Å². The third kappa shape index (κ3) is 5.43. The number of benzene rings is 9. The summed E-state index contributed by atoms with van der Waals surface area (Å²) in [5.41, 5.74) is 16.8. The Hall–Kier alpha value is -8.54. The van der Waals surface area contributed by atoms with Crippen LogP contribution in [0.1, 0.15) is 0 Å². The van der Waals surface area contributed by atoms with Crippen LogP contribution in [0.15, 0.2) is 224 Å². The first kappa shape index (κ1) is 35.2. The number of para-hydroxylation sites is 4. The molecule has 5 nitrogen and oxygen atoms in total. The second-order valence-electron chi connectivity index (χ2n) is 16.2. The molecule has 0 aliphatic heterocycles. The van der Waals surface area contributed by atoms with E-state index in [1.165, 1.54) is 38.1 Å². The minimum atomic E-state index is 0.825. The highest BCUT2D eigenvalue weighted by Gasteiger charge is 2.24. The molecule has 5 heteroatoms. The number of nitrogens with zero attached hydrogens (tertiary/aromatic N) is 5. The fourth-order valence-corrected chi connectivity index (χ4v) is 9.83. The second-order valence-corrected chi connectivity index (χ2v) is 16.2. The molecule has 4 aromatic heterocycles. The van der Waals surface area contributed by atoms with Gasteiger partial charge in [-0.25, -0.2) is 9.97 Å². The minimum absolute atomic E-state index is 0.825. The maximum atomic E-state index is 5.55. The van der Waals surface area contributed by atoms with Gasteiger partial charge in [0.2, 0.25) is 0 Å². The molecule has 294 valence electrons. The van der Waals surface area contributed by atoms with E-state index in [1.54, 1.807) is 0 Å². The van der Waals surface area contributed by atoms with E-state index >= 15 is 0 Å². The summed E-state index contributed by atoms with van der Waals surface area (Å²) in [7, 11) is 0. The van der Waals surface area contributed by atoms with Crippen molar-refractivity contribution >= 4 is 65.7 Å². The summed E-state index contributed by atoms with van der Waals surface area (Å²) in [5, 5.41) is 5.92. The summed E-state index contributed by atoms with van der Waals surface area (Å²) in [4.78, 5) is 11.1. The van der Waals surface area contributed by atoms with Gasteiger partial charge in [-0.3, -0.25) is 4.57 Å². The van der Waals surface area contributed by atoms with Crippen molar-refractivity contribution in [1.82, 2.24) is 23.7 Å². The standard InChI is InChI=1S/C58H37N5/c1-6-18-38(19-7-1)53-54(39-20-8-2-9-21-39)60-58-55(59-53)49-37-41(31-35-52(49)63(58)44-26-14-5-15-27-44)40-30-34-51-48(36-40)47-33-32-46-45-28-16-17-29-50(45)61(42-22-10-3-11-23-42)56(46)57(47)62(51)43-24-12-4-13-25-43/h1-37H. The molecule has 0 saturated heterocycles. The molecule has 9 aromatic carbocycles. The molecule has 0 fully saturated rings. The summed E-state index contributed by atoms with van der Waals surface area (Å²) in [6.45, 7) is 0. The summed E-state index contributed by atoms with van der Waals surface area (Å²) in [5.74, 6) is 0. The lowest BCUT2D eigenvalue weighted by Gasteiger charge is -2.12. The van der Waals surface area contributed by atoms with Crippen LogP contribution in [0.25, 0.3) is 116 Å². The predicted molar refractivity (Wildman–Crippen MR) is 261 cm³/mol. The van der Waals surface area contributed by atoms with Crippen molar-refractivity contribution in [3.63, 3.8) is 0 Å². The van der Waals surface area contributed by atoms with Crippen LogP contribution in [0.4, 0.5) is 0 Å². The van der Waals surface area contributed by atoms with Crippen LogP contribution in [0.3, 0.4) is 0 Å². The number of hydrogen-bond acceptors (Lipinski definition) is 2. The van der Waals surface area contributed by atoms with E-state index in [2.05, 4.69) is 226 Å². The molecule has 13 rings (SSSR count). The number of fused-ring (bicyclic) bond motifs is 10. The van der Waals surface area contributed by atoms with Crippen molar-refractivity contribution < 1.29 is 0 Å². The Kier molecular flexibility index (Phi) is 7.84. The fourth-order valence-electron chi connectivity index (χ4n) is 9.83. The van der Waals surface area contributed by atoms with E-state index in [1.807, 2.05) is 12.1 Å². The summed E-state index contributed by atoms with van der Waals surface area (Å²) >= 11 is 0. The highest BCUT2D eigenvalue weighted by Crippen LogP contribution is 2.44. The van der Waals surface area contributed by atoms with Crippen molar-refractivity contribution in [3.05, 3.63) is 224 Å². The first-order valence-corrected chi connectivity index (χ1v) is 21.4. The smallest absolute Gasteiger partial charge is 0.165 e. The molecular weight excluding hydrogens is 767 g/mol. The van der Waals surface area contributed by atoms with Gasteiger partial charge in [-0.15, -0.1) is 0 Å². The van der Waals surface area contributed by atoms with Gasteiger partial charge in [0.15, 0.2) is 5.65 Å². The number of hydrogen-bond donors (Lipinski definition) is 0. The summed E-state index contributed by atoms with van der Waals surface area (Å²) in [6.07, 6.45) is 0. The van der Waals surface area contributed by atoms with Crippen LogP contribution < -0.4 is 0 Å². The van der Waals surface area contributed by atoms with Crippen LogP contribution in [0.2, 0.25) is 0 Å². The minimum Gasteiger partial charge on any atom is -0.307 e. The Bertz CT molecular complexity index is 3870. The largest absolute Gasteiger partial charge is 0.307 e. The monoisotopic (exact) mass is 803 g/mol. The molecule has 0 saturated carbocycles. The summed E-state index contributed by atoms with van der Waals surface area (Å²) in [6, 6.07) is 80.0. The maximum absolute atomic E-state index is 5.55. The highest BCUT2D eigenvalue weighted by molar-refractivity contribution is 6.24. The fraction of sp³-hybridized carbons (Fsp3) is 0. The van der Waals surface area contributed by atoms with Crippen LogP contribution in [0, 0.1) is 0 Å². The average Bonchev–Trinajstić information content (AvgIpc) is 4.00. The Morgan fingerprint density at radius 1 is 0.270 bits per heavy atom. The van der Waals surface area contributed by atoms with Gasteiger partial charge in [-0.2, -0.15) is 0 Å². The molecule has 0 unspecified atom stereocenters. The van der Waals surface area contributed by atoms with Crippen molar-refractivity contribution in [2.45, 2.75) is 0 Å². The molecule has 0 radical (unpaired) electrons. The lowest BCUT2D eigenvalue weighted by Crippen LogP contribution is -1.99. The molecule has 63 heavy (non-hydrogen) atoms. The van der Waals surface area contributed by atoms with Crippen LogP contribution >= 0.6 is 0 Å². The predicted octanol–water partition coefficient (Wildman–Crippen LogP) is 14.8. The van der Waals surface area contributed by atoms with E-state index in [-0.39, 0.29) is 0 Å². The molecule has 0 atom stereocenters. The first-order chi connectivity index (χ1) is 31.3. The van der Waals surface area contributed by atoms with Gasteiger partial charge in [0.1, 0.15) is 5.52 Å². The molecule has 0 aliphatic carbocycles. The number of aromatic nitrogens is 5. The zero-order valence-electron chi connectivity index (χ0n) is 34.1. The number of rotatable bonds is 6. The average molecular weight is 804 g/mol. The molecule has 4 heterocycles. The van der Waals surface area contributed by atoms with E-state index in [0.29, 0.717) is 0 Å². The van der Waals surface area contributed by atoms with Crippen molar-refractivity contribution in [2.75, 3.05) is 0 Å². The molecule has 0 aliphatic rings. The Balaban J connectivity index is 1.09. The Morgan fingerprint density at radius 3 is 1.24 bits per heavy atom. The first-order valence-electron chi connectivity index (χ1n) is 21.4. The van der Waals surface area contributed by atoms with E-state index in [0.717, 1.165) is 78.3 Å². The van der Waals surface area contributed by atoms with Gasteiger partial charge >= 0.3 is 0 Å². The molecule has 0 amide bonds. The Morgan fingerprint density at radius 2 is 0.683 bits per heavy atom. The second kappa shape index (κ2) is 14.0. The van der Waals surface area contributed by atoms with Gasteiger partial charge in [0.05, 0.1) is 39.0 Å². The van der Waals surface area contributed by atoms with Gasteiger partial charge in [0, 0.05) is 55.1 Å². The zero-order chi connectivity index (χ0) is 41.4.